The third-order valence-electron chi connectivity index (χ3n) is 4.71. The molecule has 0 bridgehead atoms. The summed E-state index contributed by atoms with van der Waals surface area (Å²) in [6.07, 6.45) is 0. The molecule has 0 saturated carbocycles. The summed E-state index contributed by atoms with van der Waals surface area (Å²) in [6, 6.07) is 15.4. The summed E-state index contributed by atoms with van der Waals surface area (Å²) in [4.78, 5) is 25.0. The molecule has 28 heavy (non-hydrogen) atoms. The normalized spacial score (nSPS) is 14.1. The van der Waals surface area contributed by atoms with E-state index in [0.29, 0.717) is 5.75 Å². The van der Waals surface area contributed by atoms with Crippen LogP contribution in [0.2, 0.25) is 0 Å². The van der Waals surface area contributed by atoms with Crippen molar-refractivity contribution >= 4 is 21.6 Å². The minimum absolute atomic E-state index is 0.0487. The Hall–Kier alpha value is -3.25. The minimum atomic E-state index is -3.91. The number of ketones is 1. The number of rotatable bonds is 2. The van der Waals surface area contributed by atoms with Crippen LogP contribution in [0.4, 0.5) is 0 Å². The molecule has 1 heterocycles. The summed E-state index contributed by atoms with van der Waals surface area (Å²) in [5, 5.41) is 0. The number of fused-ring (bicyclic) bond motifs is 2. The molecule has 0 amide bonds. The van der Waals surface area contributed by atoms with Gasteiger partial charge in [0.15, 0.2) is 5.78 Å². The van der Waals surface area contributed by atoms with Crippen LogP contribution < -0.4 is 4.74 Å². The quantitative estimate of drug-likeness (QED) is 0.382. The van der Waals surface area contributed by atoms with Gasteiger partial charge in [0.25, 0.3) is 0 Å². The molecule has 1 aliphatic rings. The molecule has 0 fully saturated rings. The molecule has 5 nitrogen and oxygen atoms in total. The molecule has 0 spiro atoms. The van der Waals surface area contributed by atoms with E-state index in [1.807, 2.05) is 26.0 Å². The molecular weight excluding hydrogens is 376 g/mol. The van der Waals surface area contributed by atoms with Crippen molar-refractivity contribution in [1.82, 2.24) is 0 Å². The van der Waals surface area contributed by atoms with Gasteiger partial charge in [-0.15, -0.1) is 0 Å². The Kier molecular flexibility index (Phi) is 4.16. The fourth-order valence-corrected chi connectivity index (χ4v) is 4.96. The van der Waals surface area contributed by atoms with Crippen molar-refractivity contribution in [2.75, 3.05) is 0 Å². The number of hydrogen-bond acceptors (Lipinski definition) is 5. The van der Waals surface area contributed by atoms with Crippen molar-refractivity contribution in [2.24, 2.45) is 0 Å². The van der Waals surface area contributed by atoms with Gasteiger partial charge in [-0.3, -0.25) is 4.79 Å². The predicted molar refractivity (Wildman–Crippen MR) is 103 cm³/mol. The van der Waals surface area contributed by atoms with Crippen LogP contribution in [-0.2, 0) is 9.84 Å². The lowest BCUT2D eigenvalue weighted by molar-refractivity contribution is 0.0732. The van der Waals surface area contributed by atoms with Crippen LogP contribution in [0.25, 0.3) is 0 Å². The molecule has 0 saturated heterocycles. The smallest absolute Gasteiger partial charge is 0.343 e. The number of sulfone groups is 1. The van der Waals surface area contributed by atoms with Crippen LogP contribution in [-0.4, -0.2) is 20.2 Å². The second-order valence-corrected chi connectivity index (χ2v) is 8.58. The van der Waals surface area contributed by atoms with Gasteiger partial charge in [-0.05, 0) is 55.8 Å². The summed E-state index contributed by atoms with van der Waals surface area (Å²) >= 11 is 0. The van der Waals surface area contributed by atoms with E-state index in [2.05, 4.69) is 0 Å². The van der Waals surface area contributed by atoms with E-state index in [1.165, 1.54) is 30.3 Å². The molecule has 1 aliphatic heterocycles. The number of carbonyl (C=O) groups excluding carboxylic acids is 2. The molecule has 4 rings (SSSR count). The molecule has 0 aromatic heterocycles. The van der Waals surface area contributed by atoms with Crippen LogP contribution in [0, 0.1) is 13.8 Å². The van der Waals surface area contributed by atoms with Crippen LogP contribution in [0.5, 0.6) is 5.75 Å². The molecule has 0 unspecified atom stereocenters. The molecule has 0 aliphatic carbocycles. The molecule has 3 aromatic rings. The number of carbonyl (C=O) groups is 2. The zero-order valence-electron chi connectivity index (χ0n) is 15.2. The Morgan fingerprint density at radius 1 is 0.857 bits per heavy atom. The first-order valence-corrected chi connectivity index (χ1v) is 10.1. The Morgan fingerprint density at radius 3 is 2.32 bits per heavy atom. The van der Waals surface area contributed by atoms with Crippen LogP contribution in [0.1, 0.15) is 37.4 Å². The molecule has 0 atom stereocenters. The Balaban J connectivity index is 1.76. The number of hydrogen-bond donors (Lipinski definition) is 0. The fourth-order valence-electron chi connectivity index (χ4n) is 3.28. The van der Waals surface area contributed by atoms with Crippen molar-refractivity contribution < 1.29 is 22.7 Å². The van der Waals surface area contributed by atoms with Gasteiger partial charge in [-0.25, -0.2) is 13.2 Å². The van der Waals surface area contributed by atoms with Gasteiger partial charge >= 0.3 is 5.97 Å². The monoisotopic (exact) mass is 392 g/mol. The van der Waals surface area contributed by atoms with Crippen molar-refractivity contribution in [1.29, 1.82) is 0 Å². The minimum Gasteiger partial charge on any atom is -0.423 e. The van der Waals surface area contributed by atoms with Crippen molar-refractivity contribution in [3.63, 3.8) is 0 Å². The highest BCUT2D eigenvalue weighted by molar-refractivity contribution is 7.91. The number of benzene rings is 3. The van der Waals surface area contributed by atoms with Gasteiger partial charge in [0, 0.05) is 11.1 Å². The Morgan fingerprint density at radius 2 is 1.57 bits per heavy atom. The molecule has 3 aromatic carbocycles. The number of esters is 1. The standard InChI is InChI=1S/C22H16O5S/c1-13-7-10-18(14(2)11-13)27-22(24)15-8-9-17-20(12-15)28(25,26)19-6-4-3-5-16(19)21(17)23/h3-12H,1-2H3. The van der Waals surface area contributed by atoms with Gasteiger partial charge in [0.05, 0.1) is 15.4 Å². The second kappa shape index (κ2) is 6.42. The van der Waals surface area contributed by atoms with Gasteiger partial charge in [0.2, 0.25) is 9.84 Å². The number of ether oxygens (including phenoxy) is 1. The maximum absolute atomic E-state index is 13.0. The van der Waals surface area contributed by atoms with E-state index in [1.54, 1.807) is 18.2 Å². The van der Waals surface area contributed by atoms with E-state index >= 15 is 0 Å². The van der Waals surface area contributed by atoms with Crippen molar-refractivity contribution in [3.8, 4) is 5.75 Å². The van der Waals surface area contributed by atoms with E-state index < -0.39 is 15.8 Å². The first kappa shape index (κ1) is 18.1. The summed E-state index contributed by atoms with van der Waals surface area (Å²) in [7, 11) is -3.91. The first-order chi connectivity index (χ1) is 13.3. The predicted octanol–water partition coefficient (Wildman–Crippen LogP) is 3.90. The Bertz CT molecular complexity index is 1260. The second-order valence-electron chi connectivity index (χ2n) is 6.70. The molecular formula is C22H16O5S. The number of aryl methyl sites for hydroxylation is 2. The highest BCUT2D eigenvalue weighted by Crippen LogP contribution is 2.35. The first-order valence-electron chi connectivity index (χ1n) is 8.61. The largest absolute Gasteiger partial charge is 0.423 e. The molecule has 6 heteroatoms. The molecule has 0 N–H and O–H groups in total. The average molecular weight is 392 g/mol. The average Bonchev–Trinajstić information content (AvgIpc) is 2.68. The van der Waals surface area contributed by atoms with Crippen LogP contribution in [0.15, 0.2) is 70.5 Å². The zero-order chi connectivity index (χ0) is 20.1. The van der Waals surface area contributed by atoms with Gasteiger partial charge in [0.1, 0.15) is 5.75 Å². The summed E-state index contributed by atoms with van der Waals surface area (Å²) < 4.78 is 31.3. The van der Waals surface area contributed by atoms with E-state index in [-0.39, 0.29) is 32.3 Å². The SMILES string of the molecule is Cc1ccc(OC(=O)c2ccc3c(c2)S(=O)(=O)c2ccccc2C3=O)c(C)c1. The lowest BCUT2D eigenvalue weighted by Gasteiger charge is -2.19. The van der Waals surface area contributed by atoms with E-state index in [0.717, 1.165) is 11.1 Å². The lowest BCUT2D eigenvalue weighted by Crippen LogP contribution is -2.21. The Labute approximate surface area is 162 Å². The highest BCUT2D eigenvalue weighted by Gasteiger charge is 2.35. The van der Waals surface area contributed by atoms with Gasteiger partial charge in [-0.2, -0.15) is 0 Å². The van der Waals surface area contributed by atoms with Crippen LogP contribution >= 0.6 is 0 Å². The maximum Gasteiger partial charge on any atom is 0.343 e. The summed E-state index contributed by atoms with van der Waals surface area (Å²) in [5.74, 6) is -0.663. The van der Waals surface area contributed by atoms with Crippen LogP contribution in [0.3, 0.4) is 0 Å². The van der Waals surface area contributed by atoms with Crippen molar-refractivity contribution in [3.05, 3.63) is 88.5 Å². The molecule has 140 valence electrons. The zero-order valence-corrected chi connectivity index (χ0v) is 16.0. The lowest BCUT2D eigenvalue weighted by atomic mass is 10.0. The third kappa shape index (κ3) is 2.82. The van der Waals surface area contributed by atoms with E-state index in [4.69, 9.17) is 4.74 Å². The fraction of sp³-hybridized carbons (Fsp3) is 0.0909. The van der Waals surface area contributed by atoms with Crippen molar-refractivity contribution in [2.45, 2.75) is 23.6 Å². The maximum atomic E-state index is 13.0. The third-order valence-corrected chi connectivity index (χ3v) is 6.56. The van der Waals surface area contributed by atoms with E-state index in [9.17, 15) is 18.0 Å². The van der Waals surface area contributed by atoms with Gasteiger partial charge in [-0.1, -0.05) is 29.8 Å². The van der Waals surface area contributed by atoms with Gasteiger partial charge < -0.3 is 4.74 Å². The topological polar surface area (TPSA) is 77.5 Å². The summed E-state index contributed by atoms with van der Waals surface area (Å²) in [5.41, 5.74) is 2.09. The molecule has 0 radical (unpaired) electrons. The highest BCUT2D eigenvalue weighted by atomic mass is 32.2. The summed E-state index contributed by atoms with van der Waals surface area (Å²) in [6.45, 7) is 3.75.